The molecule has 0 atom stereocenters. The number of hydrogen-bond acceptors (Lipinski definition) is 4. The number of aromatic nitrogens is 1. The van der Waals surface area contributed by atoms with Gasteiger partial charge in [-0.05, 0) is 62.4 Å². The average molecular weight is 410 g/mol. The first-order chi connectivity index (χ1) is 14.9. The molecule has 0 N–H and O–H groups in total. The third-order valence-corrected chi connectivity index (χ3v) is 5.10. The van der Waals surface area contributed by atoms with Gasteiger partial charge in [-0.25, -0.2) is 4.79 Å². The molecule has 3 aromatic carbocycles. The number of pyridine rings is 1. The lowest BCUT2D eigenvalue weighted by molar-refractivity contribution is 0.0736. The summed E-state index contributed by atoms with van der Waals surface area (Å²) in [5.41, 5.74) is 4.39. The van der Waals surface area contributed by atoms with Crippen LogP contribution in [0.1, 0.15) is 32.0 Å². The van der Waals surface area contributed by atoms with Gasteiger partial charge in [-0.3, -0.25) is 9.78 Å². The highest BCUT2D eigenvalue weighted by molar-refractivity contribution is 6.06. The second-order valence-corrected chi connectivity index (χ2v) is 7.44. The number of anilines is 1. The van der Waals surface area contributed by atoms with E-state index in [-0.39, 0.29) is 5.91 Å². The maximum atomic E-state index is 12.8. The molecule has 4 aromatic rings. The number of aryl methyl sites for hydroxylation is 2. The Hall–Kier alpha value is -3.99. The van der Waals surface area contributed by atoms with Crippen LogP contribution < -0.4 is 9.64 Å². The number of para-hydroxylation sites is 1. The first-order valence-corrected chi connectivity index (χ1v) is 9.96. The van der Waals surface area contributed by atoms with Crippen molar-refractivity contribution in [3.8, 4) is 5.75 Å². The van der Waals surface area contributed by atoms with E-state index in [0.717, 1.165) is 22.2 Å². The number of rotatable bonds is 4. The zero-order chi connectivity index (χ0) is 22.0. The van der Waals surface area contributed by atoms with Crippen LogP contribution in [0.2, 0.25) is 0 Å². The normalized spacial score (nSPS) is 10.7. The Morgan fingerprint density at radius 2 is 1.55 bits per heavy atom. The first-order valence-electron chi connectivity index (χ1n) is 9.96. The molecule has 1 amide bonds. The monoisotopic (exact) mass is 410 g/mol. The van der Waals surface area contributed by atoms with Gasteiger partial charge in [0.1, 0.15) is 5.75 Å². The molecule has 1 aromatic heterocycles. The summed E-state index contributed by atoms with van der Waals surface area (Å²) in [6, 6.07) is 23.5. The number of benzene rings is 3. The standard InChI is InChI=1S/C26H22N2O3/c1-17-8-10-19(11-9-17)25(29)28(3)20-12-14-21(15-13-20)31-26(30)23-16-18(2)27-24-7-5-4-6-22(23)24/h4-16H,1-3H3. The Labute approximate surface area is 180 Å². The second kappa shape index (κ2) is 8.40. The molecule has 4 rings (SSSR count). The van der Waals surface area contributed by atoms with Gasteiger partial charge < -0.3 is 9.64 Å². The molecule has 5 heteroatoms. The minimum absolute atomic E-state index is 0.108. The zero-order valence-electron chi connectivity index (χ0n) is 17.6. The molecule has 0 unspecified atom stereocenters. The lowest BCUT2D eigenvalue weighted by Crippen LogP contribution is -2.26. The number of hydrogen-bond donors (Lipinski definition) is 0. The Morgan fingerprint density at radius 1 is 0.871 bits per heavy atom. The summed E-state index contributed by atoms with van der Waals surface area (Å²) in [7, 11) is 1.72. The minimum Gasteiger partial charge on any atom is -0.423 e. The van der Waals surface area contributed by atoms with Crippen LogP contribution in [0.4, 0.5) is 5.69 Å². The van der Waals surface area contributed by atoms with Gasteiger partial charge in [0.05, 0.1) is 11.1 Å². The van der Waals surface area contributed by atoms with Gasteiger partial charge >= 0.3 is 5.97 Å². The maximum Gasteiger partial charge on any atom is 0.344 e. The molecule has 0 saturated heterocycles. The topological polar surface area (TPSA) is 59.5 Å². The molecular formula is C26H22N2O3. The van der Waals surface area contributed by atoms with Crippen molar-refractivity contribution in [2.75, 3.05) is 11.9 Å². The van der Waals surface area contributed by atoms with Gasteiger partial charge in [-0.2, -0.15) is 0 Å². The van der Waals surface area contributed by atoms with Crippen molar-refractivity contribution < 1.29 is 14.3 Å². The summed E-state index contributed by atoms with van der Waals surface area (Å²) in [5.74, 6) is -0.148. The largest absolute Gasteiger partial charge is 0.423 e. The summed E-state index contributed by atoms with van der Waals surface area (Å²) in [4.78, 5) is 31.5. The van der Waals surface area contributed by atoms with Crippen molar-refractivity contribution >= 4 is 28.5 Å². The predicted octanol–water partition coefficient (Wildman–Crippen LogP) is 5.35. The summed E-state index contributed by atoms with van der Waals surface area (Å²) in [5, 5.41) is 0.748. The predicted molar refractivity (Wildman–Crippen MR) is 122 cm³/mol. The molecular weight excluding hydrogens is 388 g/mol. The van der Waals surface area contributed by atoms with E-state index in [1.54, 1.807) is 42.3 Å². The maximum absolute atomic E-state index is 12.8. The fourth-order valence-electron chi connectivity index (χ4n) is 3.38. The van der Waals surface area contributed by atoms with Gasteiger partial charge in [0.15, 0.2) is 0 Å². The third-order valence-electron chi connectivity index (χ3n) is 5.10. The number of carbonyl (C=O) groups excluding carboxylic acids is 2. The average Bonchev–Trinajstić information content (AvgIpc) is 2.78. The van der Waals surface area contributed by atoms with E-state index in [0.29, 0.717) is 22.6 Å². The van der Waals surface area contributed by atoms with Crippen LogP contribution in [0.25, 0.3) is 10.9 Å². The van der Waals surface area contributed by atoms with E-state index in [1.807, 2.05) is 62.4 Å². The minimum atomic E-state index is -0.446. The number of esters is 1. The Balaban J connectivity index is 1.52. The fourth-order valence-corrected chi connectivity index (χ4v) is 3.38. The van der Waals surface area contributed by atoms with E-state index in [1.165, 1.54) is 0 Å². The summed E-state index contributed by atoms with van der Waals surface area (Å²) in [6.45, 7) is 3.83. The van der Waals surface area contributed by atoms with Gasteiger partial charge in [-0.15, -0.1) is 0 Å². The van der Waals surface area contributed by atoms with Crippen molar-refractivity contribution in [1.82, 2.24) is 4.98 Å². The van der Waals surface area contributed by atoms with E-state index < -0.39 is 5.97 Å². The molecule has 31 heavy (non-hydrogen) atoms. The highest BCUT2D eigenvalue weighted by atomic mass is 16.5. The molecule has 0 saturated carbocycles. The van der Waals surface area contributed by atoms with Crippen LogP contribution in [0, 0.1) is 13.8 Å². The number of fused-ring (bicyclic) bond motifs is 1. The molecule has 154 valence electrons. The fraction of sp³-hybridized carbons (Fsp3) is 0.115. The van der Waals surface area contributed by atoms with Crippen LogP contribution in [-0.2, 0) is 0 Å². The molecule has 0 aliphatic carbocycles. The van der Waals surface area contributed by atoms with Crippen molar-refractivity contribution in [2.45, 2.75) is 13.8 Å². The number of ether oxygens (including phenoxy) is 1. The van der Waals surface area contributed by atoms with Crippen LogP contribution in [0.3, 0.4) is 0 Å². The Morgan fingerprint density at radius 3 is 2.26 bits per heavy atom. The molecule has 0 bridgehead atoms. The van der Waals surface area contributed by atoms with Crippen LogP contribution >= 0.6 is 0 Å². The number of nitrogens with zero attached hydrogens (tertiary/aromatic N) is 2. The van der Waals surface area contributed by atoms with Crippen molar-refractivity contribution in [2.24, 2.45) is 0 Å². The molecule has 0 fully saturated rings. The Bertz CT molecular complexity index is 1260. The van der Waals surface area contributed by atoms with Crippen LogP contribution in [0.15, 0.2) is 78.9 Å². The summed E-state index contributed by atoms with van der Waals surface area (Å²) >= 11 is 0. The van der Waals surface area contributed by atoms with Gasteiger partial charge in [-0.1, -0.05) is 35.9 Å². The molecule has 0 aliphatic heterocycles. The van der Waals surface area contributed by atoms with E-state index in [4.69, 9.17) is 4.74 Å². The zero-order valence-corrected chi connectivity index (χ0v) is 17.6. The molecule has 0 aliphatic rings. The summed E-state index contributed by atoms with van der Waals surface area (Å²) < 4.78 is 5.59. The van der Waals surface area contributed by atoms with Crippen molar-refractivity contribution in [3.05, 3.63) is 101 Å². The quantitative estimate of drug-likeness (QED) is 0.336. The van der Waals surface area contributed by atoms with E-state index in [9.17, 15) is 9.59 Å². The highest BCUT2D eigenvalue weighted by Crippen LogP contribution is 2.23. The first kappa shape index (κ1) is 20.3. The third kappa shape index (κ3) is 4.31. The van der Waals surface area contributed by atoms with Gasteiger partial charge in [0.2, 0.25) is 0 Å². The van der Waals surface area contributed by atoms with Crippen molar-refractivity contribution in [3.63, 3.8) is 0 Å². The van der Waals surface area contributed by atoms with E-state index >= 15 is 0 Å². The molecule has 0 radical (unpaired) electrons. The second-order valence-electron chi connectivity index (χ2n) is 7.44. The lowest BCUT2D eigenvalue weighted by atomic mass is 10.1. The lowest BCUT2D eigenvalue weighted by Gasteiger charge is -2.18. The van der Waals surface area contributed by atoms with Crippen molar-refractivity contribution in [1.29, 1.82) is 0 Å². The highest BCUT2D eigenvalue weighted by Gasteiger charge is 2.16. The van der Waals surface area contributed by atoms with E-state index in [2.05, 4.69) is 4.98 Å². The molecule has 5 nitrogen and oxygen atoms in total. The SMILES string of the molecule is Cc1ccc(C(=O)N(C)c2ccc(OC(=O)c3cc(C)nc4ccccc34)cc2)cc1. The molecule has 0 spiro atoms. The van der Waals surface area contributed by atoms with Crippen LogP contribution in [0.5, 0.6) is 5.75 Å². The van der Waals surface area contributed by atoms with Gasteiger partial charge in [0, 0.05) is 29.4 Å². The smallest absolute Gasteiger partial charge is 0.344 e. The van der Waals surface area contributed by atoms with Crippen LogP contribution in [-0.4, -0.2) is 23.9 Å². The van der Waals surface area contributed by atoms with Gasteiger partial charge in [0.25, 0.3) is 5.91 Å². The molecule has 1 heterocycles. The Kier molecular flexibility index (Phi) is 5.50. The number of carbonyl (C=O) groups is 2. The summed E-state index contributed by atoms with van der Waals surface area (Å²) in [6.07, 6.45) is 0. The number of amides is 1.